The molecule has 24 heavy (non-hydrogen) atoms. The average Bonchev–Trinajstić information content (AvgIpc) is 2.82. The molecular weight excluding hydrogens is 373 g/mol. The molecule has 0 fully saturated rings. The maximum Gasteiger partial charge on any atom is 0.205 e. The lowest BCUT2D eigenvalue weighted by molar-refractivity contribution is 0.104. The number of ketones is 1. The quantitative estimate of drug-likeness (QED) is 0.577. The summed E-state index contributed by atoms with van der Waals surface area (Å²) in [5, 5.41) is 3.96. The van der Waals surface area contributed by atoms with Crippen molar-refractivity contribution in [3.63, 3.8) is 0 Å². The largest absolute Gasteiger partial charge is 0.440 e. The second kappa shape index (κ2) is 6.06. The van der Waals surface area contributed by atoms with Gasteiger partial charge in [-0.1, -0.05) is 15.9 Å². The van der Waals surface area contributed by atoms with Crippen LogP contribution in [0.5, 0.6) is 0 Å². The summed E-state index contributed by atoms with van der Waals surface area (Å²) in [6.07, 6.45) is 0. The SMILES string of the molecule is CC(C)(C)Nc1oc2ccc(Br)cc2c1C(=O)c1ccc(F)cc1. The third-order valence-corrected chi connectivity index (χ3v) is 3.97. The monoisotopic (exact) mass is 389 g/mol. The summed E-state index contributed by atoms with van der Waals surface area (Å²) in [6, 6.07) is 11.0. The normalized spacial score (nSPS) is 11.7. The summed E-state index contributed by atoms with van der Waals surface area (Å²) in [7, 11) is 0. The number of hydrogen-bond acceptors (Lipinski definition) is 3. The number of furan rings is 1. The van der Waals surface area contributed by atoms with E-state index in [2.05, 4.69) is 21.2 Å². The maximum atomic E-state index is 13.2. The molecule has 0 amide bonds. The van der Waals surface area contributed by atoms with Crippen LogP contribution in [0.1, 0.15) is 36.7 Å². The van der Waals surface area contributed by atoms with Crippen molar-refractivity contribution in [1.29, 1.82) is 0 Å². The minimum absolute atomic E-state index is 0.210. The molecule has 0 aliphatic rings. The molecule has 3 rings (SSSR count). The highest BCUT2D eigenvalue weighted by Crippen LogP contribution is 2.35. The van der Waals surface area contributed by atoms with Crippen LogP contribution in [-0.2, 0) is 0 Å². The predicted octanol–water partition coefficient (Wildman–Crippen LogP) is 5.78. The van der Waals surface area contributed by atoms with Crippen molar-refractivity contribution in [3.8, 4) is 0 Å². The van der Waals surface area contributed by atoms with Crippen LogP contribution < -0.4 is 5.32 Å². The van der Waals surface area contributed by atoms with Crippen molar-refractivity contribution in [3.05, 3.63) is 63.9 Å². The fourth-order valence-corrected chi connectivity index (χ4v) is 2.83. The summed E-state index contributed by atoms with van der Waals surface area (Å²) in [5.41, 5.74) is 1.21. The van der Waals surface area contributed by atoms with Gasteiger partial charge in [-0.15, -0.1) is 0 Å². The number of halogens is 2. The summed E-state index contributed by atoms with van der Waals surface area (Å²) in [6.45, 7) is 5.97. The van der Waals surface area contributed by atoms with Crippen molar-refractivity contribution < 1.29 is 13.6 Å². The highest BCUT2D eigenvalue weighted by Gasteiger charge is 2.25. The van der Waals surface area contributed by atoms with Gasteiger partial charge in [-0.2, -0.15) is 0 Å². The van der Waals surface area contributed by atoms with Gasteiger partial charge in [0.1, 0.15) is 11.4 Å². The van der Waals surface area contributed by atoms with Crippen LogP contribution in [0.3, 0.4) is 0 Å². The molecule has 1 heterocycles. The molecule has 0 bridgehead atoms. The molecule has 3 nitrogen and oxygen atoms in total. The Hall–Kier alpha value is -2.14. The van der Waals surface area contributed by atoms with Crippen LogP contribution in [0.15, 0.2) is 51.4 Å². The highest BCUT2D eigenvalue weighted by atomic mass is 79.9. The molecular formula is C19H17BrFNO2. The molecule has 0 radical (unpaired) electrons. The average molecular weight is 390 g/mol. The first kappa shape index (κ1) is 16.7. The molecule has 0 spiro atoms. The smallest absolute Gasteiger partial charge is 0.205 e. The molecule has 0 atom stereocenters. The van der Waals surface area contributed by atoms with E-state index >= 15 is 0 Å². The van der Waals surface area contributed by atoms with Crippen molar-refractivity contribution in [2.45, 2.75) is 26.3 Å². The molecule has 0 aliphatic carbocycles. The molecule has 1 aromatic heterocycles. The van der Waals surface area contributed by atoms with E-state index in [0.717, 1.165) is 4.47 Å². The van der Waals surface area contributed by atoms with E-state index in [0.29, 0.717) is 28.0 Å². The Morgan fingerprint density at radius 2 is 1.79 bits per heavy atom. The predicted molar refractivity (Wildman–Crippen MR) is 97.1 cm³/mol. The van der Waals surface area contributed by atoms with E-state index < -0.39 is 0 Å². The molecule has 5 heteroatoms. The zero-order valence-electron chi connectivity index (χ0n) is 13.6. The van der Waals surface area contributed by atoms with Crippen LogP contribution in [-0.4, -0.2) is 11.3 Å². The molecule has 1 N–H and O–H groups in total. The fraction of sp³-hybridized carbons (Fsp3) is 0.211. The summed E-state index contributed by atoms with van der Waals surface area (Å²) >= 11 is 3.43. The number of anilines is 1. The number of benzene rings is 2. The van der Waals surface area contributed by atoms with E-state index in [1.165, 1.54) is 24.3 Å². The first-order chi connectivity index (χ1) is 11.2. The highest BCUT2D eigenvalue weighted by molar-refractivity contribution is 9.10. The van der Waals surface area contributed by atoms with Crippen molar-refractivity contribution >= 4 is 38.6 Å². The second-order valence-electron chi connectivity index (χ2n) is 6.66. The molecule has 124 valence electrons. The Bertz CT molecular complexity index is 908. The van der Waals surface area contributed by atoms with Gasteiger partial charge >= 0.3 is 0 Å². The lowest BCUT2D eigenvalue weighted by Crippen LogP contribution is -2.26. The Labute approximate surface area is 148 Å². The summed E-state index contributed by atoms with van der Waals surface area (Å²) in [5.74, 6) is -0.164. The van der Waals surface area contributed by atoms with Crippen molar-refractivity contribution in [2.24, 2.45) is 0 Å². The van der Waals surface area contributed by atoms with Gasteiger partial charge in [0, 0.05) is 21.0 Å². The van der Waals surface area contributed by atoms with Gasteiger partial charge in [-0.05, 0) is 63.2 Å². The lowest BCUT2D eigenvalue weighted by atomic mass is 10.0. The third-order valence-electron chi connectivity index (χ3n) is 3.47. The van der Waals surface area contributed by atoms with Crippen LogP contribution in [0, 0.1) is 5.82 Å². The number of nitrogens with one attached hydrogen (secondary N) is 1. The van der Waals surface area contributed by atoms with Gasteiger partial charge in [0.15, 0.2) is 5.78 Å². The lowest BCUT2D eigenvalue weighted by Gasteiger charge is -2.20. The molecule has 0 saturated carbocycles. The minimum atomic E-state index is -0.376. The zero-order valence-corrected chi connectivity index (χ0v) is 15.2. The van der Waals surface area contributed by atoms with Crippen LogP contribution in [0.2, 0.25) is 0 Å². The number of hydrogen-bond donors (Lipinski definition) is 1. The van der Waals surface area contributed by atoms with E-state index in [9.17, 15) is 9.18 Å². The van der Waals surface area contributed by atoms with E-state index in [1.807, 2.05) is 39.0 Å². The van der Waals surface area contributed by atoms with Gasteiger partial charge in [0.05, 0.1) is 5.56 Å². The summed E-state index contributed by atoms with van der Waals surface area (Å²) in [4.78, 5) is 13.0. The maximum absolute atomic E-state index is 13.2. The minimum Gasteiger partial charge on any atom is -0.440 e. The zero-order chi connectivity index (χ0) is 17.5. The van der Waals surface area contributed by atoms with E-state index in [1.54, 1.807) is 0 Å². The number of fused-ring (bicyclic) bond motifs is 1. The molecule has 0 unspecified atom stereocenters. The van der Waals surface area contributed by atoms with Crippen molar-refractivity contribution in [1.82, 2.24) is 0 Å². The Morgan fingerprint density at radius 3 is 2.42 bits per heavy atom. The fourth-order valence-electron chi connectivity index (χ4n) is 2.47. The molecule has 0 saturated heterocycles. The van der Waals surface area contributed by atoms with Gasteiger partial charge in [-0.25, -0.2) is 4.39 Å². The first-order valence-corrected chi connectivity index (χ1v) is 8.34. The molecule has 3 aromatic rings. The third kappa shape index (κ3) is 3.36. The first-order valence-electron chi connectivity index (χ1n) is 7.55. The number of carbonyl (C=O) groups excluding carboxylic acids is 1. The Morgan fingerprint density at radius 1 is 1.12 bits per heavy atom. The number of carbonyl (C=O) groups is 1. The topological polar surface area (TPSA) is 42.2 Å². The Balaban J connectivity index is 2.19. The van der Waals surface area contributed by atoms with Gasteiger partial charge in [-0.3, -0.25) is 4.79 Å². The van der Waals surface area contributed by atoms with Crippen LogP contribution >= 0.6 is 15.9 Å². The molecule has 2 aromatic carbocycles. The second-order valence-corrected chi connectivity index (χ2v) is 7.57. The van der Waals surface area contributed by atoms with Gasteiger partial charge in [0.2, 0.25) is 5.88 Å². The van der Waals surface area contributed by atoms with Crippen LogP contribution in [0.4, 0.5) is 10.3 Å². The molecule has 0 aliphatic heterocycles. The van der Waals surface area contributed by atoms with Gasteiger partial charge in [0.25, 0.3) is 0 Å². The van der Waals surface area contributed by atoms with E-state index in [-0.39, 0.29) is 17.1 Å². The van der Waals surface area contributed by atoms with Crippen LogP contribution in [0.25, 0.3) is 11.0 Å². The summed E-state index contributed by atoms with van der Waals surface area (Å²) < 4.78 is 19.9. The Kier molecular flexibility index (Phi) is 4.22. The van der Waals surface area contributed by atoms with Crippen molar-refractivity contribution in [2.75, 3.05) is 5.32 Å². The number of rotatable bonds is 3. The standard InChI is InChI=1S/C19H17BrFNO2/c1-19(2,3)22-18-16(14-10-12(20)6-9-15(14)24-18)17(23)11-4-7-13(21)8-5-11/h4-10,22H,1-3H3. The van der Waals surface area contributed by atoms with Gasteiger partial charge < -0.3 is 9.73 Å². The van der Waals surface area contributed by atoms with E-state index in [4.69, 9.17) is 4.42 Å².